The molecular formula is C10H22N4O3S. The zero-order valence-corrected chi connectivity index (χ0v) is 11.4. The van der Waals surface area contributed by atoms with Gasteiger partial charge in [0.15, 0.2) is 0 Å². The minimum Gasteiger partial charge on any atom is -0.395 e. The summed E-state index contributed by atoms with van der Waals surface area (Å²) in [6.45, 7) is 5.76. The predicted molar refractivity (Wildman–Crippen MR) is 68.5 cm³/mol. The summed E-state index contributed by atoms with van der Waals surface area (Å²) in [5, 5.41) is 12.0. The molecule has 18 heavy (non-hydrogen) atoms. The van der Waals surface area contributed by atoms with Gasteiger partial charge in [0.25, 0.3) is 10.2 Å². The lowest BCUT2D eigenvalue weighted by atomic mass is 10.4. The quantitative estimate of drug-likeness (QED) is 0.607. The van der Waals surface area contributed by atoms with Gasteiger partial charge in [-0.15, -0.1) is 0 Å². The van der Waals surface area contributed by atoms with E-state index in [9.17, 15) is 8.42 Å². The van der Waals surface area contributed by atoms with Gasteiger partial charge in [-0.3, -0.25) is 4.90 Å². The van der Waals surface area contributed by atoms with Crippen molar-refractivity contribution in [2.45, 2.75) is 0 Å². The Labute approximate surface area is 109 Å². The molecule has 0 aromatic heterocycles. The summed E-state index contributed by atoms with van der Waals surface area (Å²) in [6, 6.07) is 0. The molecule has 0 unspecified atom stereocenters. The highest BCUT2D eigenvalue weighted by molar-refractivity contribution is 7.86. The summed E-state index contributed by atoms with van der Waals surface area (Å²) in [5.74, 6) is 0. The lowest BCUT2D eigenvalue weighted by Gasteiger charge is -2.37. The molecule has 0 amide bonds. The summed E-state index contributed by atoms with van der Waals surface area (Å²) in [4.78, 5) is 2.09. The predicted octanol–water partition coefficient (Wildman–Crippen LogP) is -2.25. The highest BCUT2D eigenvalue weighted by Gasteiger charge is 2.32. The second-order valence-corrected chi connectivity index (χ2v) is 6.55. The SMILES string of the molecule is O=S(=O)(N1CCNCC1)N1CCN(CCO)CC1. The minimum absolute atomic E-state index is 0.130. The van der Waals surface area contributed by atoms with Crippen LogP contribution in [-0.2, 0) is 10.2 Å². The highest BCUT2D eigenvalue weighted by Crippen LogP contribution is 2.12. The van der Waals surface area contributed by atoms with E-state index < -0.39 is 10.2 Å². The molecular weight excluding hydrogens is 256 g/mol. The van der Waals surface area contributed by atoms with Gasteiger partial charge in [0, 0.05) is 58.9 Å². The van der Waals surface area contributed by atoms with Crippen molar-refractivity contribution in [3.05, 3.63) is 0 Å². The third-order valence-electron chi connectivity index (χ3n) is 3.48. The van der Waals surface area contributed by atoms with E-state index in [2.05, 4.69) is 10.2 Å². The van der Waals surface area contributed by atoms with Crippen molar-refractivity contribution in [1.82, 2.24) is 18.8 Å². The molecule has 0 spiro atoms. The lowest BCUT2D eigenvalue weighted by molar-refractivity contribution is 0.147. The van der Waals surface area contributed by atoms with E-state index in [-0.39, 0.29) is 6.61 Å². The molecule has 2 heterocycles. The maximum absolute atomic E-state index is 12.4. The van der Waals surface area contributed by atoms with E-state index in [1.54, 1.807) is 8.61 Å². The number of nitrogens with zero attached hydrogens (tertiary/aromatic N) is 3. The molecule has 2 N–H and O–H groups in total. The van der Waals surface area contributed by atoms with Crippen LogP contribution in [0.2, 0.25) is 0 Å². The Bertz CT molecular complexity index is 348. The Kier molecular flexibility index (Phi) is 4.93. The third-order valence-corrected chi connectivity index (χ3v) is 5.51. The normalized spacial score (nSPS) is 25.4. The number of hydrogen-bond acceptors (Lipinski definition) is 5. The molecule has 2 saturated heterocycles. The smallest absolute Gasteiger partial charge is 0.282 e. The van der Waals surface area contributed by atoms with Gasteiger partial charge in [-0.1, -0.05) is 0 Å². The van der Waals surface area contributed by atoms with Gasteiger partial charge < -0.3 is 10.4 Å². The Hall–Kier alpha value is -0.250. The molecule has 0 aliphatic carbocycles. The van der Waals surface area contributed by atoms with Crippen LogP contribution in [0.1, 0.15) is 0 Å². The average Bonchev–Trinajstić information content (AvgIpc) is 2.41. The van der Waals surface area contributed by atoms with E-state index in [1.807, 2.05) is 0 Å². The first kappa shape index (κ1) is 14.2. The third kappa shape index (κ3) is 3.19. The summed E-state index contributed by atoms with van der Waals surface area (Å²) in [6.07, 6.45) is 0. The average molecular weight is 278 g/mol. The van der Waals surface area contributed by atoms with Gasteiger partial charge in [0.2, 0.25) is 0 Å². The van der Waals surface area contributed by atoms with E-state index in [1.165, 1.54) is 0 Å². The molecule has 0 aromatic rings. The van der Waals surface area contributed by atoms with Crippen molar-refractivity contribution in [3.8, 4) is 0 Å². The van der Waals surface area contributed by atoms with Crippen LogP contribution in [-0.4, -0.2) is 92.5 Å². The number of hydrogen-bond donors (Lipinski definition) is 2. The maximum Gasteiger partial charge on any atom is 0.282 e. The number of nitrogens with one attached hydrogen (secondary N) is 1. The molecule has 0 saturated carbocycles. The van der Waals surface area contributed by atoms with Crippen LogP contribution in [0.3, 0.4) is 0 Å². The molecule has 0 radical (unpaired) electrons. The summed E-state index contributed by atoms with van der Waals surface area (Å²) < 4.78 is 27.8. The van der Waals surface area contributed by atoms with Crippen molar-refractivity contribution >= 4 is 10.2 Å². The highest BCUT2D eigenvalue weighted by atomic mass is 32.2. The number of piperazine rings is 2. The van der Waals surface area contributed by atoms with Crippen LogP contribution in [0.25, 0.3) is 0 Å². The summed E-state index contributed by atoms with van der Waals surface area (Å²) in [5.41, 5.74) is 0. The van der Waals surface area contributed by atoms with Gasteiger partial charge in [0.1, 0.15) is 0 Å². The van der Waals surface area contributed by atoms with Crippen molar-refractivity contribution in [3.63, 3.8) is 0 Å². The molecule has 0 aromatic carbocycles. The van der Waals surface area contributed by atoms with Crippen molar-refractivity contribution in [2.75, 3.05) is 65.5 Å². The van der Waals surface area contributed by atoms with E-state index in [0.717, 1.165) is 13.1 Å². The van der Waals surface area contributed by atoms with Crippen LogP contribution >= 0.6 is 0 Å². The monoisotopic (exact) mass is 278 g/mol. The fourth-order valence-electron chi connectivity index (χ4n) is 2.36. The number of aliphatic hydroxyl groups is 1. The molecule has 0 atom stereocenters. The van der Waals surface area contributed by atoms with Crippen LogP contribution in [0.15, 0.2) is 0 Å². The Morgan fingerprint density at radius 2 is 1.50 bits per heavy atom. The fraction of sp³-hybridized carbons (Fsp3) is 1.00. The molecule has 7 nitrogen and oxygen atoms in total. The minimum atomic E-state index is -3.29. The first-order valence-electron chi connectivity index (χ1n) is 6.44. The topological polar surface area (TPSA) is 76.1 Å². The van der Waals surface area contributed by atoms with Crippen molar-refractivity contribution < 1.29 is 13.5 Å². The Balaban J connectivity index is 1.91. The van der Waals surface area contributed by atoms with Crippen LogP contribution in [0.4, 0.5) is 0 Å². The van der Waals surface area contributed by atoms with Gasteiger partial charge in [-0.05, 0) is 0 Å². The lowest BCUT2D eigenvalue weighted by Crippen LogP contribution is -2.56. The number of β-amino-alcohol motifs (C(OH)–C–C–N with tert-alkyl or cyclic N) is 1. The standard InChI is InChI=1S/C10H22N4O3S/c15-10-9-12-5-7-14(8-6-12)18(16,17)13-3-1-11-2-4-13/h11,15H,1-10H2. The Morgan fingerprint density at radius 3 is 2.06 bits per heavy atom. The van der Waals surface area contributed by atoms with Gasteiger partial charge >= 0.3 is 0 Å². The second-order valence-electron chi connectivity index (χ2n) is 4.62. The number of rotatable bonds is 4. The van der Waals surface area contributed by atoms with Crippen LogP contribution in [0.5, 0.6) is 0 Å². The first-order valence-corrected chi connectivity index (χ1v) is 7.83. The molecule has 2 rings (SSSR count). The first-order chi connectivity index (χ1) is 8.64. The number of aliphatic hydroxyl groups excluding tert-OH is 1. The van der Waals surface area contributed by atoms with Crippen LogP contribution in [0, 0.1) is 0 Å². The zero-order valence-electron chi connectivity index (χ0n) is 10.6. The van der Waals surface area contributed by atoms with Gasteiger partial charge in [-0.25, -0.2) is 0 Å². The molecule has 2 aliphatic heterocycles. The molecule has 2 fully saturated rings. The molecule has 0 bridgehead atoms. The fourth-order valence-corrected chi connectivity index (χ4v) is 3.96. The molecule has 2 aliphatic rings. The van der Waals surface area contributed by atoms with Gasteiger partial charge in [0.05, 0.1) is 6.61 Å². The second kappa shape index (κ2) is 6.27. The largest absolute Gasteiger partial charge is 0.395 e. The van der Waals surface area contributed by atoms with Crippen LogP contribution < -0.4 is 5.32 Å². The van der Waals surface area contributed by atoms with Gasteiger partial charge in [-0.2, -0.15) is 17.0 Å². The van der Waals surface area contributed by atoms with Crippen molar-refractivity contribution in [2.24, 2.45) is 0 Å². The van der Waals surface area contributed by atoms with E-state index >= 15 is 0 Å². The van der Waals surface area contributed by atoms with E-state index in [4.69, 9.17) is 5.11 Å². The zero-order chi connectivity index (χ0) is 13.0. The molecule has 8 heteroatoms. The van der Waals surface area contributed by atoms with E-state index in [0.29, 0.717) is 45.8 Å². The molecule has 106 valence electrons. The summed E-state index contributed by atoms with van der Waals surface area (Å²) >= 11 is 0. The maximum atomic E-state index is 12.4. The van der Waals surface area contributed by atoms with Crippen molar-refractivity contribution in [1.29, 1.82) is 0 Å². The Morgan fingerprint density at radius 1 is 0.944 bits per heavy atom. The summed E-state index contributed by atoms with van der Waals surface area (Å²) in [7, 11) is -3.29.